The van der Waals surface area contributed by atoms with E-state index >= 15 is 0 Å². The molecular formula is C17H14N4. The Bertz CT molecular complexity index is 820. The molecule has 0 radical (unpaired) electrons. The van der Waals surface area contributed by atoms with Crippen LogP contribution in [0.15, 0.2) is 75.9 Å². The lowest BCUT2D eigenvalue weighted by Crippen LogP contribution is -1.80. The molecule has 0 aromatic heterocycles. The van der Waals surface area contributed by atoms with E-state index in [1.165, 1.54) is 0 Å². The summed E-state index contributed by atoms with van der Waals surface area (Å²) >= 11 is 0. The molecule has 0 unspecified atom stereocenters. The highest BCUT2D eigenvalue weighted by molar-refractivity contribution is 6.00. The van der Waals surface area contributed by atoms with Crippen molar-refractivity contribution in [2.75, 3.05) is 5.73 Å². The zero-order chi connectivity index (χ0) is 14.7. The first-order valence-corrected chi connectivity index (χ1v) is 6.54. The van der Waals surface area contributed by atoms with Crippen molar-refractivity contribution in [1.29, 1.82) is 0 Å². The van der Waals surface area contributed by atoms with Gasteiger partial charge in [-0.25, -0.2) is 0 Å². The van der Waals surface area contributed by atoms with Gasteiger partial charge in [0, 0.05) is 16.5 Å². The Kier molecular flexibility index (Phi) is 3.43. The number of benzene rings is 3. The van der Waals surface area contributed by atoms with Gasteiger partial charge in [-0.1, -0.05) is 24.3 Å². The molecule has 0 saturated heterocycles. The fourth-order valence-corrected chi connectivity index (χ4v) is 2.14. The Hall–Kier alpha value is -3.01. The van der Waals surface area contributed by atoms with E-state index in [9.17, 15) is 0 Å². The van der Waals surface area contributed by atoms with Gasteiger partial charge in [-0.3, -0.25) is 4.99 Å². The summed E-state index contributed by atoms with van der Waals surface area (Å²) in [6, 6.07) is 19.0. The van der Waals surface area contributed by atoms with Gasteiger partial charge in [-0.2, -0.15) is 5.11 Å². The maximum absolute atomic E-state index is 5.65. The first-order chi connectivity index (χ1) is 10.3. The lowest BCUT2D eigenvalue weighted by atomic mass is 10.1. The molecule has 3 rings (SSSR count). The van der Waals surface area contributed by atoms with E-state index in [2.05, 4.69) is 21.9 Å². The highest BCUT2D eigenvalue weighted by Gasteiger charge is 2.03. The summed E-state index contributed by atoms with van der Waals surface area (Å²) in [5, 5.41) is 10.6. The molecule has 0 fully saturated rings. The van der Waals surface area contributed by atoms with E-state index in [4.69, 9.17) is 5.73 Å². The Morgan fingerprint density at radius 2 is 1.33 bits per heavy atom. The van der Waals surface area contributed by atoms with Crippen LogP contribution in [0, 0.1) is 0 Å². The summed E-state index contributed by atoms with van der Waals surface area (Å²) in [5.41, 5.74) is 8.77. The van der Waals surface area contributed by atoms with Crippen molar-refractivity contribution in [1.82, 2.24) is 0 Å². The molecule has 3 aromatic rings. The fraction of sp³-hybridized carbons (Fsp3) is 0. The average Bonchev–Trinajstić information content (AvgIpc) is 2.54. The van der Waals surface area contributed by atoms with Crippen molar-refractivity contribution in [2.45, 2.75) is 0 Å². The number of anilines is 1. The van der Waals surface area contributed by atoms with E-state index in [1.807, 2.05) is 48.5 Å². The van der Waals surface area contributed by atoms with Crippen LogP contribution < -0.4 is 5.73 Å². The monoisotopic (exact) mass is 274 g/mol. The third kappa shape index (κ3) is 2.65. The molecule has 102 valence electrons. The molecule has 4 heteroatoms. The first kappa shape index (κ1) is 13.0. The second-order valence-electron chi connectivity index (χ2n) is 4.60. The van der Waals surface area contributed by atoms with Gasteiger partial charge in [0.05, 0.1) is 17.1 Å². The third-order valence-corrected chi connectivity index (χ3v) is 3.21. The van der Waals surface area contributed by atoms with Crippen LogP contribution in [0.25, 0.3) is 10.8 Å². The van der Waals surface area contributed by atoms with Crippen LogP contribution in [0.3, 0.4) is 0 Å². The van der Waals surface area contributed by atoms with Gasteiger partial charge in [0.15, 0.2) is 0 Å². The minimum Gasteiger partial charge on any atom is -0.399 e. The van der Waals surface area contributed by atoms with Crippen LogP contribution in [0.5, 0.6) is 0 Å². The van der Waals surface area contributed by atoms with Crippen molar-refractivity contribution < 1.29 is 0 Å². The number of nitrogens with two attached hydrogens (primary N) is 1. The number of nitrogens with zero attached hydrogens (tertiary/aromatic N) is 3. The Balaban J connectivity index is 2.05. The van der Waals surface area contributed by atoms with Gasteiger partial charge in [0.1, 0.15) is 0 Å². The van der Waals surface area contributed by atoms with Crippen LogP contribution in [-0.4, -0.2) is 6.72 Å². The standard InChI is InChI=1S/C17H14N4/c1-19-16-10-11-17(15-5-3-2-4-14(15)16)21-20-13-8-6-12(18)7-9-13/h2-11H,1,18H2/b21-20+. The number of aliphatic imine (C=N–C) groups is 1. The number of hydrogen-bond donors (Lipinski definition) is 1. The SMILES string of the molecule is C=Nc1ccc(/N=N/c2ccc(N)cc2)c2ccccc12. The lowest BCUT2D eigenvalue weighted by Gasteiger charge is -2.04. The fourth-order valence-electron chi connectivity index (χ4n) is 2.14. The highest BCUT2D eigenvalue weighted by Crippen LogP contribution is 2.33. The van der Waals surface area contributed by atoms with Crippen molar-refractivity contribution in [3.63, 3.8) is 0 Å². The minimum absolute atomic E-state index is 0.709. The molecule has 0 bridgehead atoms. The first-order valence-electron chi connectivity index (χ1n) is 6.54. The van der Waals surface area contributed by atoms with Crippen molar-refractivity contribution >= 4 is 40.2 Å². The second kappa shape index (κ2) is 5.54. The van der Waals surface area contributed by atoms with Crippen molar-refractivity contribution in [3.8, 4) is 0 Å². The van der Waals surface area contributed by atoms with Crippen LogP contribution in [-0.2, 0) is 0 Å². The summed E-state index contributed by atoms with van der Waals surface area (Å²) in [4.78, 5) is 4.03. The molecule has 0 saturated carbocycles. The van der Waals surface area contributed by atoms with Crippen molar-refractivity contribution in [3.05, 3.63) is 60.7 Å². The number of rotatable bonds is 3. The van der Waals surface area contributed by atoms with Crippen LogP contribution >= 0.6 is 0 Å². The quantitative estimate of drug-likeness (QED) is 0.399. The number of fused-ring (bicyclic) bond motifs is 1. The molecule has 2 N–H and O–H groups in total. The van der Waals surface area contributed by atoms with Gasteiger partial charge in [-0.15, -0.1) is 5.11 Å². The lowest BCUT2D eigenvalue weighted by molar-refractivity contribution is 1.24. The molecule has 4 nitrogen and oxygen atoms in total. The molecule has 0 spiro atoms. The van der Waals surface area contributed by atoms with Crippen molar-refractivity contribution in [2.24, 2.45) is 15.2 Å². The van der Waals surface area contributed by atoms with E-state index in [0.717, 1.165) is 27.8 Å². The zero-order valence-electron chi connectivity index (χ0n) is 11.4. The summed E-state index contributed by atoms with van der Waals surface area (Å²) < 4.78 is 0. The predicted molar refractivity (Wildman–Crippen MR) is 88.2 cm³/mol. The highest BCUT2D eigenvalue weighted by atomic mass is 15.1. The van der Waals surface area contributed by atoms with Gasteiger partial charge in [-0.05, 0) is 43.1 Å². The molecule has 0 aliphatic heterocycles. The molecule has 0 heterocycles. The summed E-state index contributed by atoms with van der Waals surface area (Å²) in [6.45, 7) is 3.60. The van der Waals surface area contributed by atoms with Gasteiger partial charge in [0.25, 0.3) is 0 Å². The molecular weight excluding hydrogens is 260 g/mol. The molecule has 0 aliphatic carbocycles. The largest absolute Gasteiger partial charge is 0.399 e. The molecule has 0 aliphatic rings. The summed E-state index contributed by atoms with van der Waals surface area (Å²) in [7, 11) is 0. The normalized spacial score (nSPS) is 11.0. The van der Waals surface area contributed by atoms with E-state index in [1.54, 1.807) is 12.1 Å². The van der Waals surface area contributed by atoms with E-state index in [0.29, 0.717) is 5.69 Å². The Morgan fingerprint density at radius 3 is 2.00 bits per heavy atom. The zero-order valence-corrected chi connectivity index (χ0v) is 11.4. The van der Waals surface area contributed by atoms with Crippen LogP contribution in [0.2, 0.25) is 0 Å². The smallest absolute Gasteiger partial charge is 0.0936 e. The number of hydrogen-bond acceptors (Lipinski definition) is 4. The predicted octanol–water partition coefficient (Wildman–Crippen LogP) is 5.17. The van der Waals surface area contributed by atoms with Gasteiger partial charge in [0.2, 0.25) is 0 Å². The van der Waals surface area contributed by atoms with Gasteiger partial charge < -0.3 is 5.73 Å². The summed E-state index contributed by atoms with van der Waals surface area (Å²) in [6.07, 6.45) is 0. The maximum atomic E-state index is 5.65. The van der Waals surface area contributed by atoms with E-state index < -0.39 is 0 Å². The minimum atomic E-state index is 0.709. The van der Waals surface area contributed by atoms with Crippen LogP contribution in [0.1, 0.15) is 0 Å². The molecule has 21 heavy (non-hydrogen) atoms. The average molecular weight is 274 g/mol. The second-order valence-corrected chi connectivity index (χ2v) is 4.60. The van der Waals surface area contributed by atoms with Crippen LogP contribution in [0.4, 0.5) is 22.7 Å². The number of nitrogen functional groups attached to an aromatic ring is 1. The Morgan fingerprint density at radius 1 is 0.714 bits per heavy atom. The van der Waals surface area contributed by atoms with E-state index in [-0.39, 0.29) is 0 Å². The Labute approximate surface area is 122 Å². The molecule has 3 aromatic carbocycles. The summed E-state index contributed by atoms with van der Waals surface area (Å²) in [5.74, 6) is 0. The third-order valence-electron chi connectivity index (χ3n) is 3.21. The topological polar surface area (TPSA) is 63.1 Å². The molecule has 0 amide bonds. The maximum Gasteiger partial charge on any atom is 0.0936 e. The molecule has 0 atom stereocenters. The van der Waals surface area contributed by atoms with Gasteiger partial charge >= 0.3 is 0 Å². The number of azo groups is 1.